The van der Waals surface area contributed by atoms with Gasteiger partial charge >= 0.3 is 5.97 Å². The highest BCUT2D eigenvalue weighted by Crippen LogP contribution is 2.32. The van der Waals surface area contributed by atoms with Crippen molar-refractivity contribution in [3.8, 4) is 0 Å². The van der Waals surface area contributed by atoms with Gasteiger partial charge in [0.15, 0.2) is 5.60 Å². The maximum absolute atomic E-state index is 12.5. The molecule has 1 fully saturated rings. The summed E-state index contributed by atoms with van der Waals surface area (Å²) in [5.41, 5.74) is -0.704. The van der Waals surface area contributed by atoms with Crippen LogP contribution >= 0.6 is 11.3 Å². The van der Waals surface area contributed by atoms with Gasteiger partial charge in [-0.2, -0.15) is 4.31 Å². The molecule has 22 heavy (non-hydrogen) atoms. The van der Waals surface area contributed by atoms with Crippen molar-refractivity contribution in [1.82, 2.24) is 9.29 Å². The molecule has 1 aliphatic rings. The SMILES string of the molecule is CCOC1(C(=O)O)CN(S(=O)(=O)c2cnc3ccsc3c2)C1. The lowest BCUT2D eigenvalue weighted by Crippen LogP contribution is -2.68. The van der Waals surface area contributed by atoms with Crippen LogP contribution in [0.2, 0.25) is 0 Å². The van der Waals surface area contributed by atoms with Gasteiger partial charge in [0.2, 0.25) is 10.0 Å². The van der Waals surface area contributed by atoms with Crippen molar-refractivity contribution in [2.75, 3.05) is 19.7 Å². The minimum Gasteiger partial charge on any atom is -0.479 e. The lowest BCUT2D eigenvalue weighted by molar-refractivity contribution is -0.181. The van der Waals surface area contributed by atoms with Crippen molar-refractivity contribution in [3.05, 3.63) is 23.7 Å². The van der Waals surface area contributed by atoms with Crippen LogP contribution in [0, 0.1) is 0 Å². The first-order valence-corrected chi connectivity index (χ1v) is 8.92. The number of nitrogens with zero attached hydrogens (tertiary/aromatic N) is 2. The molecule has 0 aromatic carbocycles. The summed E-state index contributed by atoms with van der Waals surface area (Å²) in [4.78, 5) is 15.5. The molecule has 0 spiro atoms. The first kappa shape index (κ1) is 15.3. The number of hydrogen-bond acceptors (Lipinski definition) is 6. The minimum atomic E-state index is -3.76. The van der Waals surface area contributed by atoms with Crippen molar-refractivity contribution in [3.63, 3.8) is 0 Å². The van der Waals surface area contributed by atoms with Gasteiger partial charge in [-0.1, -0.05) is 0 Å². The predicted octanol–water partition coefficient (Wildman–Crippen LogP) is 1.16. The van der Waals surface area contributed by atoms with Gasteiger partial charge in [-0.25, -0.2) is 13.2 Å². The number of thiophene rings is 1. The third-order valence-corrected chi connectivity index (χ3v) is 6.20. The second-order valence-electron chi connectivity index (χ2n) is 4.98. The van der Waals surface area contributed by atoms with E-state index in [1.165, 1.54) is 17.5 Å². The minimum absolute atomic E-state index is 0.0675. The van der Waals surface area contributed by atoms with Gasteiger partial charge in [-0.05, 0) is 24.4 Å². The normalized spacial score (nSPS) is 18.2. The number of aliphatic carboxylic acids is 1. The molecule has 0 saturated carbocycles. The highest BCUT2D eigenvalue weighted by atomic mass is 32.2. The van der Waals surface area contributed by atoms with Crippen LogP contribution in [0.25, 0.3) is 10.2 Å². The van der Waals surface area contributed by atoms with Crippen molar-refractivity contribution in [2.45, 2.75) is 17.4 Å². The quantitative estimate of drug-likeness (QED) is 0.876. The molecule has 0 aliphatic carbocycles. The first-order chi connectivity index (χ1) is 10.4. The molecule has 0 atom stereocenters. The molecule has 118 valence electrons. The number of sulfonamides is 1. The number of carboxylic acid groups (broad SMARTS) is 1. The molecule has 0 unspecified atom stereocenters. The molecule has 1 saturated heterocycles. The van der Waals surface area contributed by atoms with Crippen LogP contribution in [0.3, 0.4) is 0 Å². The van der Waals surface area contributed by atoms with E-state index < -0.39 is 21.6 Å². The third kappa shape index (κ3) is 2.30. The fourth-order valence-corrected chi connectivity index (χ4v) is 4.74. The number of carbonyl (C=O) groups is 1. The fraction of sp³-hybridized carbons (Fsp3) is 0.385. The summed E-state index contributed by atoms with van der Waals surface area (Å²) in [6, 6.07) is 3.37. The highest BCUT2D eigenvalue weighted by Gasteiger charge is 2.55. The van der Waals surface area contributed by atoms with E-state index in [-0.39, 0.29) is 24.6 Å². The zero-order chi connectivity index (χ0) is 16.0. The Morgan fingerprint density at radius 2 is 2.27 bits per heavy atom. The molecule has 2 aromatic heterocycles. The van der Waals surface area contributed by atoms with Gasteiger partial charge in [0, 0.05) is 12.8 Å². The highest BCUT2D eigenvalue weighted by molar-refractivity contribution is 7.89. The maximum Gasteiger partial charge on any atom is 0.338 e. The Morgan fingerprint density at radius 3 is 2.91 bits per heavy atom. The van der Waals surface area contributed by atoms with Gasteiger partial charge in [-0.15, -0.1) is 11.3 Å². The number of pyridine rings is 1. The summed E-state index contributed by atoms with van der Waals surface area (Å²) in [6.07, 6.45) is 1.30. The number of ether oxygens (including phenoxy) is 1. The summed E-state index contributed by atoms with van der Waals surface area (Å²) < 4.78 is 32.2. The molecule has 0 amide bonds. The predicted molar refractivity (Wildman–Crippen MR) is 80.4 cm³/mol. The average Bonchev–Trinajstić information content (AvgIpc) is 2.88. The average molecular weight is 342 g/mol. The smallest absolute Gasteiger partial charge is 0.338 e. The molecule has 1 aliphatic heterocycles. The van der Waals surface area contributed by atoms with E-state index in [4.69, 9.17) is 4.74 Å². The monoisotopic (exact) mass is 342 g/mol. The second-order valence-corrected chi connectivity index (χ2v) is 7.87. The Balaban J connectivity index is 1.87. The number of hydrogen-bond donors (Lipinski definition) is 1. The van der Waals surface area contributed by atoms with E-state index in [0.29, 0.717) is 0 Å². The van der Waals surface area contributed by atoms with Gasteiger partial charge in [0.25, 0.3) is 0 Å². The van der Waals surface area contributed by atoms with Crippen molar-refractivity contribution >= 4 is 37.5 Å². The van der Waals surface area contributed by atoms with E-state index in [0.717, 1.165) is 14.5 Å². The molecule has 1 N–H and O–H groups in total. The van der Waals surface area contributed by atoms with Crippen molar-refractivity contribution in [1.29, 1.82) is 0 Å². The number of aromatic nitrogens is 1. The third-order valence-electron chi connectivity index (χ3n) is 3.59. The van der Waals surface area contributed by atoms with Crippen LogP contribution in [-0.4, -0.2) is 54.1 Å². The molecular formula is C13H14N2O5S2. The van der Waals surface area contributed by atoms with Crippen LogP contribution in [0.1, 0.15) is 6.92 Å². The molecule has 0 radical (unpaired) electrons. The van der Waals surface area contributed by atoms with Gasteiger partial charge in [0.05, 0.1) is 23.3 Å². The molecule has 3 rings (SSSR count). The van der Waals surface area contributed by atoms with Crippen LogP contribution in [0.5, 0.6) is 0 Å². The maximum atomic E-state index is 12.5. The van der Waals surface area contributed by atoms with Crippen molar-refractivity contribution in [2.24, 2.45) is 0 Å². The van der Waals surface area contributed by atoms with Crippen LogP contribution in [0.15, 0.2) is 28.6 Å². The summed E-state index contributed by atoms with van der Waals surface area (Å²) in [6.45, 7) is 1.50. The van der Waals surface area contributed by atoms with E-state index in [1.807, 2.05) is 11.4 Å². The van der Waals surface area contributed by atoms with E-state index >= 15 is 0 Å². The van der Waals surface area contributed by atoms with E-state index in [2.05, 4.69) is 4.98 Å². The Labute approximate surface area is 131 Å². The summed E-state index contributed by atoms with van der Waals surface area (Å²) >= 11 is 1.40. The van der Waals surface area contributed by atoms with E-state index in [1.54, 1.807) is 13.0 Å². The summed E-state index contributed by atoms with van der Waals surface area (Å²) in [5, 5.41) is 11.1. The zero-order valence-corrected chi connectivity index (χ0v) is 13.4. The van der Waals surface area contributed by atoms with Gasteiger partial charge in [-0.3, -0.25) is 4.98 Å². The van der Waals surface area contributed by atoms with Crippen molar-refractivity contribution < 1.29 is 23.1 Å². The van der Waals surface area contributed by atoms with Gasteiger partial charge < -0.3 is 9.84 Å². The fourth-order valence-electron chi connectivity index (χ4n) is 2.38. The summed E-state index contributed by atoms with van der Waals surface area (Å²) in [7, 11) is -3.76. The lowest BCUT2D eigenvalue weighted by atomic mass is 9.97. The molecule has 3 heterocycles. The van der Waals surface area contributed by atoms with Gasteiger partial charge in [0.1, 0.15) is 4.90 Å². The Bertz CT molecular complexity index is 824. The molecule has 2 aromatic rings. The standard InChI is InChI=1S/C13H14N2O5S2/c1-2-20-13(12(16)17)7-15(8-13)22(18,19)9-5-11-10(14-6-9)3-4-21-11/h3-6H,2,7-8H2,1H3,(H,16,17). The second kappa shape index (κ2) is 5.27. The summed E-state index contributed by atoms with van der Waals surface area (Å²) in [5.74, 6) is -1.15. The number of fused-ring (bicyclic) bond motifs is 1. The molecule has 9 heteroatoms. The Hall–Kier alpha value is -1.55. The number of rotatable bonds is 5. The zero-order valence-electron chi connectivity index (χ0n) is 11.7. The first-order valence-electron chi connectivity index (χ1n) is 6.60. The number of carboxylic acids is 1. The lowest BCUT2D eigenvalue weighted by Gasteiger charge is -2.45. The molecular weight excluding hydrogens is 328 g/mol. The Morgan fingerprint density at radius 1 is 1.55 bits per heavy atom. The van der Waals surface area contributed by atoms with Crippen LogP contribution < -0.4 is 0 Å². The topological polar surface area (TPSA) is 96.8 Å². The van der Waals surface area contributed by atoms with Crippen LogP contribution in [-0.2, 0) is 19.6 Å². The molecule has 0 bridgehead atoms. The molecule has 7 nitrogen and oxygen atoms in total. The Kier molecular flexibility index (Phi) is 3.68. The largest absolute Gasteiger partial charge is 0.479 e. The van der Waals surface area contributed by atoms with E-state index in [9.17, 15) is 18.3 Å². The van der Waals surface area contributed by atoms with Crippen LogP contribution in [0.4, 0.5) is 0 Å².